The molecule has 0 radical (unpaired) electrons. The number of benzene rings is 1. The lowest BCUT2D eigenvalue weighted by molar-refractivity contribution is -0.144. The van der Waals surface area contributed by atoms with Gasteiger partial charge in [-0.05, 0) is 37.6 Å². The second-order valence-corrected chi connectivity index (χ2v) is 4.96. The van der Waals surface area contributed by atoms with Crippen LogP contribution in [-0.2, 0) is 11.4 Å². The number of ether oxygens (including phenoxy) is 1. The summed E-state index contributed by atoms with van der Waals surface area (Å²) in [4.78, 5) is 11.3. The summed E-state index contributed by atoms with van der Waals surface area (Å²) in [5, 5.41) is 21.3. The van der Waals surface area contributed by atoms with Gasteiger partial charge >= 0.3 is 5.97 Å². The Bertz CT molecular complexity index is 418. The Labute approximate surface area is 119 Å². The molecule has 0 aliphatic rings. The number of hydrogen-bond acceptors (Lipinski definition) is 4. The minimum atomic E-state index is -0.971. The van der Waals surface area contributed by atoms with Gasteiger partial charge in [0.25, 0.3) is 0 Å². The van der Waals surface area contributed by atoms with Crippen molar-refractivity contribution in [2.45, 2.75) is 38.8 Å². The van der Waals surface area contributed by atoms with Gasteiger partial charge in [0, 0.05) is 6.42 Å². The van der Waals surface area contributed by atoms with Crippen molar-refractivity contribution in [2.75, 3.05) is 13.2 Å². The van der Waals surface area contributed by atoms with Crippen LogP contribution in [-0.4, -0.2) is 34.9 Å². The minimum Gasteiger partial charge on any atom is -0.494 e. The molecule has 0 saturated heterocycles. The molecule has 20 heavy (non-hydrogen) atoms. The van der Waals surface area contributed by atoms with Gasteiger partial charge in [-0.1, -0.05) is 19.1 Å². The van der Waals surface area contributed by atoms with Crippen LogP contribution >= 0.6 is 0 Å². The molecule has 1 atom stereocenters. The normalized spacial score (nSPS) is 13.8. The monoisotopic (exact) mass is 281 g/mol. The third kappa shape index (κ3) is 4.83. The van der Waals surface area contributed by atoms with Crippen LogP contribution in [0, 0.1) is 0 Å². The Morgan fingerprint density at radius 1 is 1.35 bits per heavy atom. The number of carbonyl (C=O) groups is 1. The van der Waals surface area contributed by atoms with E-state index in [0.717, 1.165) is 12.0 Å². The van der Waals surface area contributed by atoms with Crippen LogP contribution in [0.3, 0.4) is 0 Å². The lowest BCUT2D eigenvalue weighted by atomic mass is 9.98. The zero-order chi connectivity index (χ0) is 15.0. The van der Waals surface area contributed by atoms with Crippen molar-refractivity contribution >= 4 is 5.97 Å². The maximum absolute atomic E-state index is 11.3. The molecule has 0 aliphatic carbocycles. The van der Waals surface area contributed by atoms with Gasteiger partial charge in [0.05, 0.1) is 13.2 Å². The quantitative estimate of drug-likeness (QED) is 0.643. The largest absolute Gasteiger partial charge is 0.494 e. The molecule has 1 rings (SSSR count). The van der Waals surface area contributed by atoms with E-state index >= 15 is 0 Å². The predicted octanol–water partition coefficient (Wildman–Crippen LogP) is 1.79. The fraction of sp³-hybridized carbons (Fsp3) is 0.533. The van der Waals surface area contributed by atoms with Gasteiger partial charge in [0.2, 0.25) is 0 Å². The maximum Gasteiger partial charge on any atom is 0.323 e. The molecular weight excluding hydrogens is 258 g/mol. The van der Waals surface area contributed by atoms with E-state index in [1.54, 1.807) is 31.2 Å². The molecule has 3 N–H and O–H groups in total. The highest BCUT2D eigenvalue weighted by molar-refractivity contribution is 5.78. The zero-order valence-corrected chi connectivity index (χ0v) is 12.1. The van der Waals surface area contributed by atoms with E-state index < -0.39 is 11.5 Å². The highest BCUT2D eigenvalue weighted by Crippen LogP contribution is 2.15. The van der Waals surface area contributed by atoms with Crippen molar-refractivity contribution < 1.29 is 19.7 Å². The molecule has 112 valence electrons. The summed E-state index contributed by atoms with van der Waals surface area (Å²) in [7, 11) is 0. The van der Waals surface area contributed by atoms with E-state index in [-0.39, 0.29) is 6.61 Å². The minimum absolute atomic E-state index is 0.00168. The fourth-order valence-corrected chi connectivity index (χ4v) is 1.74. The SMILES string of the molecule is CCCNC(C)(CCOc1ccc(CO)cc1)C(=O)O. The lowest BCUT2D eigenvalue weighted by Gasteiger charge is -2.26. The van der Waals surface area contributed by atoms with Crippen molar-refractivity contribution in [1.29, 1.82) is 0 Å². The van der Waals surface area contributed by atoms with Crippen LogP contribution in [0.15, 0.2) is 24.3 Å². The molecule has 0 aromatic heterocycles. The first-order valence-corrected chi connectivity index (χ1v) is 6.83. The van der Waals surface area contributed by atoms with Crippen LogP contribution in [0.25, 0.3) is 0 Å². The maximum atomic E-state index is 11.3. The van der Waals surface area contributed by atoms with Crippen LogP contribution < -0.4 is 10.1 Å². The first-order chi connectivity index (χ1) is 9.51. The fourth-order valence-electron chi connectivity index (χ4n) is 1.74. The number of aliphatic hydroxyl groups excluding tert-OH is 1. The van der Waals surface area contributed by atoms with Crippen molar-refractivity contribution in [3.05, 3.63) is 29.8 Å². The molecule has 0 amide bonds. The van der Waals surface area contributed by atoms with Crippen molar-refractivity contribution in [3.63, 3.8) is 0 Å². The second-order valence-electron chi connectivity index (χ2n) is 4.96. The summed E-state index contributed by atoms with van der Waals surface area (Å²) in [5.41, 5.74) is -0.154. The Balaban J connectivity index is 2.49. The molecular formula is C15H23NO4. The van der Waals surface area contributed by atoms with Gasteiger partial charge in [-0.25, -0.2) is 0 Å². The number of aliphatic carboxylic acids is 1. The Kier molecular flexibility index (Phi) is 6.48. The van der Waals surface area contributed by atoms with E-state index in [2.05, 4.69) is 5.32 Å². The molecule has 0 aliphatic heterocycles. The second kappa shape index (κ2) is 7.87. The first kappa shape index (κ1) is 16.5. The molecule has 0 saturated carbocycles. The number of hydrogen-bond donors (Lipinski definition) is 3. The molecule has 0 spiro atoms. The molecule has 1 aromatic rings. The summed E-state index contributed by atoms with van der Waals surface area (Å²) < 4.78 is 5.55. The lowest BCUT2D eigenvalue weighted by Crippen LogP contribution is -2.50. The Morgan fingerprint density at radius 3 is 2.50 bits per heavy atom. The van der Waals surface area contributed by atoms with Crippen LogP contribution in [0.2, 0.25) is 0 Å². The van der Waals surface area contributed by atoms with Gasteiger partial charge < -0.3 is 20.3 Å². The molecule has 0 fully saturated rings. The smallest absolute Gasteiger partial charge is 0.323 e. The standard InChI is InChI=1S/C15H23NO4/c1-3-9-16-15(2,14(18)19)8-10-20-13-6-4-12(11-17)5-7-13/h4-7,16-17H,3,8-11H2,1-2H3,(H,18,19). The number of nitrogens with one attached hydrogen (secondary N) is 1. The van der Waals surface area contributed by atoms with Crippen LogP contribution in [0.4, 0.5) is 0 Å². The van der Waals surface area contributed by atoms with E-state index in [1.165, 1.54) is 0 Å². The zero-order valence-electron chi connectivity index (χ0n) is 12.1. The Hall–Kier alpha value is -1.59. The van der Waals surface area contributed by atoms with Gasteiger partial charge in [-0.2, -0.15) is 0 Å². The molecule has 5 nitrogen and oxygen atoms in total. The van der Waals surface area contributed by atoms with Crippen molar-refractivity contribution in [2.24, 2.45) is 0 Å². The third-order valence-electron chi connectivity index (χ3n) is 3.21. The number of carboxylic acid groups (broad SMARTS) is 1. The summed E-state index contributed by atoms with van der Waals surface area (Å²) in [6.07, 6.45) is 1.26. The van der Waals surface area contributed by atoms with Crippen LogP contribution in [0.5, 0.6) is 5.75 Å². The van der Waals surface area contributed by atoms with E-state index in [4.69, 9.17) is 9.84 Å². The Morgan fingerprint density at radius 2 is 2.00 bits per heavy atom. The average Bonchev–Trinajstić information content (AvgIpc) is 2.45. The molecule has 5 heteroatoms. The summed E-state index contributed by atoms with van der Waals surface area (Å²) in [5.74, 6) is -0.199. The topological polar surface area (TPSA) is 78.8 Å². The highest BCUT2D eigenvalue weighted by atomic mass is 16.5. The summed E-state index contributed by atoms with van der Waals surface area (Å²) in [6.45, 7) is 4.64. The first-order valence-electron chi connectivity index (χ1n) is 6.83. The number of rotatable bonds is 9. The summed E-state index contributed by atoms with van der Waals surface area (Å²) >= 11 is 0. The number of aliphatic hydroxyl groups is 1. The van der Waals surface area contributed by atoms with E-state index in [0.29, 0.717) is 25.3 Å². The van der Waals surface area contributed by atoms with Gasteiger partial charge in [-0.15, -0.1) is 0 Å². The third-order valence-corrected chi connectivity index (χ3v) is 3.21. The highest BCUT2D eigenvalue weighted by Gasteiger charge is 2.31. The van der Waals surface area contributed by atoms with Crippen molar-refractivity contribution in [1.82, 2.24) is 5.32 Å². The van der Waals surface area contributed by atoms with Crippen LogP contribution in [0.1, 0.15) is 32.3 Å². The molecule has 1 aromatic carbocycles. The predicted molar refractivity (Wildman–Crippen MR) is 76.8 cm³/mol. The van der Waals surface area contributed by atoms with Gasteiger partial charge in [0.1, 0.15) is 11.3 Å². The number of carboxylic acids is 1. The summed E-state index contributed by atoms with van der Waals surface area (Å²) in [6, 6.07) is 7.09. The molecule has 0 heterocycles. The molecule has 1 unspecified atom stereocenters. The van der Waals surface area contributed by atoms with Crippen molar-refractivity contribution in [3.8, 4) is 5.75 Å². The van der Waals surface area contributed by atoms with Gasteiger partial charge in [0.15, 0.2) is 0 Å². The van der Waals surface area contributed by atoms with Gasteiger partial charge in [-0.3, -0.25) is 4.79 Å². The molecule has 0 bridgehead atoms. The van der Waals surface area contributed by atoms with E-state index in [1.807, 2.05) is 6.92 Å². The van der Waals surface area contributed by atoms with E-state index in [9.17, 15) is 9.90 Å². The average molecular weight is 281 g/mol.